The first-order chi connectivity index (χ1) is 6.20. The molecule has 3 nitrogen and oxygen atoms in total. The number of fused-ring (bicyclic) bond motifs is 1. The van der Waals surface area contributed by atoms with E-state index in [-0.39, 0.29) is 0 Å². The number of aromatic amines is 1. The van der Waals surface area contributed by atoms with Gasteiger partial charge in [-0.1, -0.05) is 0 Å². The van der Waals surface area contributed by atoms with Crippen LogP contribution in [0.2, 0.25) is 0 Å². The third-order valence-electron chi connectivity index (χ3n) is 1.77. The number of rotatable bonds is 1. The number of benzene rings is 1. The summed E-state index contributed by atoms with van der Waals surface area (Å²) in [5.41, 5.74) is 1.69. The van der Waals surface area contributed by atoms with Gasteiger partial charge in [0.1, 0.15) is 5.52 Å². The lowest BCUT2D eigenvalue weighted by Crippen LogP contribution is -1.92. The lowest BCUT2D eigenvalue weighted by atomic mass is 10.2. The predicted octanol–water partition coefficient (Wildman–Crippen LogP) is 2.23. The van der Waals surface area contributed by atoms with Crippen LogP contribution in [0.15, 0.2) is 23.4 Å². The van der Waals surface area contributed by atoms with Crippen LogP contribution in [0.1, 0.15) is 10.4 Å². The van der Waals surface area contributed by atoms with Gasteiger partial charge in [-0.15, -0.1) is 12.6 Å². The topological polar surface area (TPSA) is 45.8 Å². The fourth-order valence-electron chi connectivity index (χ4n) is 1.19. The maximum Gasteiger partial charge on any atom is 0.255 e. The molecule has 0 saturated carbocycles. The summed E-state index contributed by atoms with van der Waals surface area (Å²) in [4.78, 5) is 18.5. The van der Waals surface area contributed by atoms with Gasteiger partial charge in [0.25, 0.3) is 5.24 Å². The van der Waals surface area contributed by atoms with Gasteiger partial charge >= 0.3 is 0 Å². The highest BCUT2D eigenvalue weighted by molar-refractivity contribution is 7.80. The number of hydrogen-bond acceptors (Lipinski definition) is 3. The van der Waals surface area contributed by atoms with Crippen LogP contribution in [0.25, 0.3) is 11.0 Å². The third kappa shape index (κ3) is 1.32. The highest BCUT2D eigenvalue weighted by Crippen LogP contribution is 2.23. The molecule has 0 amide bonds. The first kappa shape index (κ1) is 8.59. The maximum atomic E-state index is 11.0. The molecule has 0 bridgehead atoms. The quantitative estimate of drug-likeness (QED) is 0.563. The fourth-order valence-corrected chi connectivity index (χ4v) is 1.73. The molecule has 0 unspecified atom stereocenters. The van der Waals surface area contributed by atoms with E-state index in [0.717, 1.165) is 5.52 Å². The average molecular weight is 213 g/mol. The molecule has 2 rings (SSSR count). The number of H-pyrrole nitrogens is 1. The number of imidazole rings is 1. The monoisotopic (exact) mass is 212 g/mol. The van der Waals surface area contributed by atoms with Gasteiger partial charge in [0.2, 0.25) is 0 Å². The molecular weight excluding hydrogens is 208 g/mol. The van der Waals surface area contributed by atoms with Crippen molar-refractivity contribution in [2.24, 2.45) is 0 Å². The van der Waals surface area contributed by atoms with Crippen molar-refractivity contribution in [3.63, 3.8) is 0 Å². The van der Waals surface area contributed by atoms with E-state index in [9.17, 15) is 4.79 Å². The second-order valence-electron chi connectivity index (χ2n) is 2.53. The van der Waals surface area contributed by atoms with E-state index in [1.807, 2.05) is 0 Å². The first-order valence-electron chi connectivity index (χ1n) is 3.55. The molecule has 0 atom stereocenters. The second-order valence-corrected chi connectivity index (χ2v) is 3.36. The van der Waals surface area contributed by atoms with E-state index < -0.39 is 5.24 Å². The number of nitrogens with one attached hydrogen (secondary N) is 1. The molecular formula is C8H5ClN2OS. The fraction of sp³-hybridized carbons (Fsp3) is 0. The van der Waals surface area contributed by atoms with Crippen molar-refractivity contribution in [3.8, 4) is 0 Å². The number of nitrogens with zero attached hydrogens (tertiary/aromatic N) is 1. The Hall–Kier alpha value is -1.00. The van der Waals surface area contributed by atoms with E-state index in [0.29, 0.717) is 16.0 Å². The Bertz CT molecular complexity index is 480. The second kappa shape index (κ2) is 3.05. The van der Waals surface area contributed by atoms with E-state index in [1.165, 1.54) is 6.33 Å². The Morgan fingerprint density at radius 1 is 1.54 bits per heavy atom. The van der Waals surface area contributed by atoms with Crippen LogP contribution >= 0.6 is 24.2 Å². The number of carbonyl (C=O) groups excluding carboxylic acids is 1. The average Bonchev–Trinajstić information content (AvgIpc) is 2.50. The van der Waals surface area contributed by atoms with Crippen LogP contribution in [0, 0.1) is 0 Å². The van der Waals surface area contributed by atoms with Crippen LogP contribution in [0.4, 0.5) is 0 Å². The van der Waals surface area contributed by atoms with Crippen LogP contribution in [-0.2, 0) is 0 Å². The van der Waals surface area contributed by atoms with Crippen molar-refractivity contribution in [1.82, 2.24) is 9.97 Å². The Balaban J connectivity index is 2.88. The van der Waals surface area contributed by atoms with E-state index >= 15 is 0 Å². The Kier molecular flexibility index (Phi) is 2.01. The molecule has 5 heteroatoms. The van der Waals surface area contributed by atoms with Gasteiger partial charge in [0.15, 0.2) is 0 Å². The van der Waals surface area contributed by atoms with Crippen LogP contribution < -0.4 is 0 Å². The van der Waals surface area contributed by atoms with Gasteiger partial charge in [-0.3, -0.25) is 4.79 Å². The number of hydrogen-bond donors (Lipinski definition) is 2. The van der Waals surface area contributed by atoms with Crippen molar-refractivity contribution in [1.29, 1.82) is 0 Å². The maximum absolute atomic E-state index is 11.0. The van der Waals surface area contributed by atoms with Crippen molar-refractivity contribution >= 4 is 40.5 Å². The molecule has 13 heavy (non-hydrogen) atoms. The van der Waals surface area contributed by atoms with Gasteiger partial charge in [-0.2, -0.15) is 0 Å². The Morgan fingerprint density at radius 2 is 2.31 bits per heavy atom. The summed E-state index contributed by atoms with van der Waals surface area (Å²) in [6.45, 7) is 0. The van der Waals surface area contributed by atoms with E-state index in [2.05, 4.69) is 22.6 Å². The molecule has 1 aromatic carbocycles. The normalized spacial score (nSPS) is 10.6. The summed E-state index contributed by atoms with van der Waals surface area (Å²) in [6.07, 6.45) is 1.52. The molecule has 0 fully saturated rings. The summed E-state index contributed by atoms with van der Waals surface area (Å²) < 4.78 is 0. The minimum Gasteiger partial charge on any atom is -0.345 e. The Labute approximate surface area is 84.5 Å². The van der Waals surface area contributed by atoms with Gasteiger partial charge in [0.05, 0.1) is 17.4 Å². The van der Waals surface area contributed by atoms with Gasteiger partial charge in [0, 0.05) is 4.90 Å². The molecule has 1 N–H and O–H groups in total. The number of aromatic nitrogens is 2. The van der Waals surface area contributed by atoms with Crippen molar-refractivity contribution in [3.05, 3.63) is 24.0 Å². The lowest BCUT2D eigenvalue weighted by Gasteiger charge is -1.99. The zero-order valence-corrected chi connectivity index (χ0v) is 8.06. The highest BCUT2D eigenvalue weighted by atomic mass is 35.5. The summed E-state index contributed by atoms with van der Waals surface area (Å²) in [7, 11) is 0. The van der Waals surface area contributed by atoms with E-state index in [4.69, 9.17) is 11.6 Å². The number of halogens is 1. The van der Waals surface area contributed by atoms with Crippen LogP contribution in [0.3, 0.4) is 0 Å². The standard InChI is InChI=1S/C8H5ClN2OS/c9-8(12)6-5(13)2-1-4-7(6)11-3-10-4/h1-3,13H,(H,10,11). The molecule has 0 radical (unpaired) electrons. The summed E-state index contributed by atoms with van der Waals surface area (Å²) >= 11 is 9.53. The molecule has 0 aliphatic rings. The minimum absolute atomic E-state index is 0.351. The highest BCUT2D eigenvalue weighted by Gasteiger charge is 2.12. The summed E-state index contributed by atoms with van der Waals surface area (Å²) in [5.74, 6) is 0. The SMILES string of the molecule is O=C(Cl)c1c(S)ccc2[nH]cnc12. The molecule has 0 saturated heterocycles. The summed E-state index contributed by atoms with van der Waals surface area (Å²) in [5, 5.41) is -0.539. The van der Waals surface area contributed by atoms with Crippen LogP contribution in [-0.4, -0.2) is 15.2 Å². The Morgan fingerprint density at radius 3 is 3.00 bits per heavy atom. The zero-order chi connectivity index (χ0) is 9.42. The van der Waals surface area contributed by atoms with Gasteiger partial charge in [-0.05, 0) is 23.7 Å². The first-order valence-corrected chi connectivity index (χ1v) is 4.37. The smallest absolute Gasteiger partial charge is 0.255 e. The zero-order valence-electron chi connectivity index (χ0n) is 6.41. The minimum atomic E-state index is -0.539. The largest absolute Gasteiger partial charge is 0.345 e. The summed E-state index contributed by atoms with van der Waals surface area (Å²) in [6, 6.07) is 3.51. The molecule has 66 valence electrons. The third-order valence-corrected chi connectivity index (χ3v) is 2.33. The van der Waals surface area contributed by atoms with Crippen LogP contribution in [0.5, 0.6) is 0 Å². The van der Waals surface area contributed by atoms with Crippen molar-refractivity contribution in [2.75, 3.05) is 0 Å². The molecule has 0 spiro atoms. The molecule has 1 aromatic heterocycles. The van der Waals surface area contributed by atoms with Crippen molar-refractivity contribution < 1.29 is 4.79 Å². The number of carbonyl (C=O) groups is 1. The molecule has 0 aliphatic heterocycles. The molecule has 1 heterocycles. The number of thiol groups is 1. The van der Waals surface area contributed by atoms with E-state index in [1.54, 1.807) is 12.1 Å². The lowest BCUT2D eigenvalue weighted by molar-refractivity contribution is 0.108. The molecule has 2 aromatic rings. The van der Waals surface area contributed by atoms with Crippen molar-refractivity contribution in [2.45, 2.75) is 4.90 Å². The predicted molar refractivity (Wildman–Crippen MR) is 53.5 cm³/mol. The van der Waals surface area contributed by atoms with Gasteiger partial charge in [-0.25, -0.2) is 4.98 Å². The van der Waals surface area contributed by atoms with Gasteiger partial charge < -0.3 is 4.98 Å². The molecule has 0 aliphatic carbocycles.